The fourth-order valence-electron chi connectivity index (χ4n) is 2.78. The van der Waals surface area contributed by atoms with E-state index in [0.717, 1.165) is 31.7 Å². The molecule has 1 aliphatic rings. The molecule has 1 nitrogen and oxygen atoms in total. The molecule has 1 aliphatic carbocycles. The summed E-state index contributed by atoms with van der Waals surface area (Å²) in [6, 6.07) is 2.87. The molecule has 0 heterocycles. The molecule has 0 radical (unpaired) electrons. The Bertz CT molecular complexity index is 461. The van der Waals surface area contributed by atoms with Crippen LogP contribution in [0.5, 0.6) is 0 Å². The number of rotatable bonds is 3. The van der Waals surface area contributed by atoms with Gasteiger partial charge in [0, 0.05) is 12.1 Å². The van der Waals surface area contributed by atoms with Crippen molar-refractivity contribution in [1.29, 1.82) is 0 Å². The van der Waals surface area contributed by atoms with Crippen LogP contribution < -0.4 is 5.32 Å². The van der Waals surface area contributed by atoms with Gasteiger partial charge in [-0.05, 0) is 37.5 Å². The van der Waals surface area contributed by atoms with E-state index in [2.05, 4.69) is 5.32 Å². The Labute approximate surface area is 116 Å². The second kappa shape index (κ2) is 5.72. The van der Waals surface area contributed by atoms with Crippen molar-refractivity contribution in [2.24, 2.45) is 0 Å². The maximum atomic E-state index is 13.0. The monoisotopic (exact) mass is 289 g/mol. The van der Waals surface area contributed by atoms with E-state index in [0.29, 0.717) is 6.07 Å². The predicted octanol–water partition coefficient (Wildman–Crippen LogP) is 4.66. The topological polar surface area (TPSA) is 12.0 Å². The first-order valence-corrected chi connectivity index (χ1v) is 6.91. The van der Waals surface area contributed by atoms with Gasteiger partial charge in [-0.2, -0.15) is 13.2 Å². The lowest BCUT2D eigenvalue weighted by molar-refractivity contribution is -0.138. The second-order valence-electron chi connectivity index (χ2n) is 5.77. The minimum atomic E-state index is -4.52. The van der Waals surface area contributed by atoms with Gasteiger partial charge in [0.2, 0.25) is 0 Å². The lowest BCUT2D eigenvalue weighted by Crippen LogP contribution is -2.43. The molecule has 0 unspecified atom stereocenters. The highest BCUT2D eigenvalue weighted by Gasteiger charge is 2.34. The molecule has 0 saturated heterocycles. The summed E-state index contributed by atoms with van der Waals surface area (Å²) in [6.45, 7) is 2.16. The predicted molar refractivity (Wildman–Crippen MR) is 69.7 cm³/mol. The Morgan fingerprint density at radius 1 is 1.15 bits per heavy atom. The van der Waals surface area contributed by atoms with Gasteiger partial charge < -0.3 is 5.32 Å². The first kappa shape index (κ1) is 15.3. The lowest BCUT2D eigenvalue weighted by atomic mass is 9.83. The molecule has 5 heteroatoms. The molecule has 1 N–H and O–H groups in total. The average molecular weight is 289 g/mol. The van der Waals surface area contributed by atoms with Crippen LogP contribution in [0.2, 0.25) is 0 Å². The second-order valence-corrected chi connectivity index (χ2v) is 5.77. The number of alkyl halides is 3. The number of hydrogen-bond donors (Lipinski definition) is 1. The van der Waals surface area contributed by atoms with Crippen LogP contribution in [0.25, 0.3) is 0 Å². The van der Waals surface area contributed by atoms with Crippen molar-refractivity contribution in [2.75, 3.05) is 0 Å². The SMILES string of the molecule is CC1(NCc2ccc(F)cc2C(F)(F)F)CCCCC1. The van der Waals surface area contributed by atoms with Crippen molar-refractivity contribution < 1.29 is 17.6 Å². The molecule has 1 saturated carbocycles. The van der Waals surface area contributed by atoms with Crippen LogP contribution >= 0.6 is 0 Å². The summed E-state index contributed by atoms with van der Waals surface area (Å²) in [4.78, 5) is 0. The minimum absolute atomic E-state index is 0.102. The molecule has 1 aromatic carbocycles. The lowest BCUT2D eigenvalue weighted by Gasteiger charge is -2.35. The summed E-state index contributed by atoms with van der Waals surface area (Å²) < 4.78 is 51.7. The summed E-state index contributed by atoms with van der Waals surface area (Å²) in [7, 11) is 0. The summed E-state index contributed by atoms with van der Waals surface area (Å²) in [6.07, 6.45) is 0.789. The third kappa shape index (κ3) is 3.72. The number of benzene rings is 1. The van der Waals surface area contributed by atoms with E-state index in [-0.39, 0.29) is 17.6 Å². The molecule has 0 atom stereocenters. The maximum Gasteiger partial charge on any atom is 0.416 e. The normalized spacial score (nSPS) is 19.1. The summed E-state index contributed by atoms with van der Waals surface area (Å²) >= 11 is 0. The molecule has 0 aromatic heterocycles. The van der Waals surface area contributed by atoms with Gasteiger partial charge in [-0.1, -0.05) is 25.3 Å². The third-order valence-electron chi connectivity index (χ3n) is 4.04. The Morgan fingerprint density at radius 3 is 2.40 bits per heavy atom. The first-order chi connectivity index (χ1) is 9.30. The Morgan fingerprint density at radius 2 is 1.80 bits per heavy atom. The molecule has 0 aliphatic heterocycles. The zero-order valence-electron chi connectivity index (χ0n) is 11.5. The molecule has 0 spiro atoms. The standard InChI is InChI=1S/C15H19F4N/c1-14(7-3-2-4-8-14)20-10-11-5-6-12(16)9-13(11)15(17,18)19/h5-6,9,20H,2-4,7-8,10H2,1H3. The van der Waals surface area contributed by atoms with Crippen molar-refractivity contribution in [3.8, 4) is 0 Å². The van der Waals surface area contributed by atoms with E-state index in [4.69, 9.17) is 0 Å². The van der Waals surface area contributed by atoms with E-state index < -0.39 is 17.6 Å². The molecule has 0 bridgehead atoms. The highest BCUT2D eigenvalue weighted by Crippen LogP contribution is 2.33. The molecular weight excluding hydrogens is 270 g/mol. The van der Waals surface area contributed by atoms with Crippen LogP contribution in [-0.4, -0.2) is 5.54 Å². The van der Waals surface area contributed by atoms with Crippen molar-refractivity contribution >= 4 is 0 Å². The van der Waals surface area contributed by atoms with E-state index in [9.17, 15) is 17.6 Å². The number of nitrogens with one attached hydrogen (secondary N) is 1. The van der Waals surface area contributed by atoms with Crippen molar-refractivity contribution in [2.45, 2.75) is 57.3 Å². The van der Waals surface area contributed by atoms with Crippen LogP contribution in [0, 0.1) is 5.82 Å². The van der Waals surface area contributed by atoms with Crippen molar-refractivity contribution in [1.82, 2.24) is 5.32 Å². The number of halogens is 4. The summed E-state index contributed by atoms with van der Waals surface area (Å²) in [5.74, 6) is -0.857. The van der Waals surface area contributed by atoms with E-state index in [1.807, 2.05) is 6.92 Å². The number of hydrogen-bond acceptors (Lipinski definition) is 1. The van der Waals surface area contributed by atoms with Gasteiger partial charge in [-0.3, -0.25) is 0 Å². The van der Waals surface area contributed by atoms with Gasteiger partial charge in [-0.25, -0.2) is 4.39 Å². The van der Waals surface area contributed by atoms with E-state index in [1.165, 1.54) is 12.5 Å². The van der Waals surface area contributed by atoms with Crippen LogP contribution in [-0.2, 0) is 12.7 Å². The third-order valence-corrected chi connectivity index (χ3v) is 4.04. The van der Waals surface area contributed by atoms with Crippen molar-refractivity contribution in [3.05, 3.63) is 35.1 Å². The fraction of sp³-hybridized carbons (Fsp3) is 0.600. The van der Waals surface area contributed by atoms with Gasteiger partial charge >= 0.3 is 6.18 Å². The van der Waals surface area contributed by atoms with Gasteiger partial charge in [0.05, 0.1) is 5.56 Å². The molecule has 0 amide bonds. The molecule has 2 rings (SSSR count). The van der Waals surface area contributed by atoms with Gasteiger partial charge in [0.25, 0.3) is 0 Å². The molecule has 1 fully saturated rings. The van der Waals surface area contributed by atoms with Gasteiger partial charge in [0.1, 0.15) is 5.82 Å². The first-order valence-electron chi connectivity index (χ1n) is 6.91. The van der Waals surface area contributed by atoms with Crippen LogP contribution in [0.3, 0.4) is 0 Å². The summed E-state index contributed by atoms with van der Waals surface area (Å²) in [5.41, 5.74) is -0.898. The average Bonchev–Trinajstić information content (AvgIpc) is 2.37. The van der Waals surface area contributed by atoms with Gasteiger partial charge in [-0.15, -0.1) is 0 Å². The maximum absolute atomic E-state index is 13.0. The van der Waals surface area contributed by atoms with Crippen molar-refractivity contribution in [3.63, 3.8) is 0 Å². The Kier molecular flexibility index (Phi) is 4.37. The fourth-order valence-corrected chi connectivity index (χ4v) is 2.78. The Hall–Kier alpha value is -1.10. The highest BCUT2D eigenvalue weighted by atomic mass is 19.4. The van der Waals surface area contributed by atoms with Crippen LogP contribution in [0.4, 0.5) is 17.6 Å². The molecule has 20 heavy (non-hydrogen) atoms. The molecular formula is C15H19F4N. The summed E-state index contributed by atoms with van der Waals surface area (Å²) in [5, 5.41) is 3.22. The Balaban J connectivity index is 2.13. The quantitative estimate of drug-likeness (QED) is 0.798. The molecule has 1 aromatic rings. The largest absolute Gasteiger partial charge is 0.416 e. The zero-order chi connectivity index (χ0) is 14.8. The smallest absolute Gasteiger partial charge is 0.307 e. The van der Waals surface area contributed by atoms with Crippen LogP contribution in [0.15, 0.2) is 18.2 Å². The van der Waals surface area contributed by atoms with Gasteiger partial charge in [0.15, 0.2) is 0 Å². The molecule has 112 valence electrons. The zero-order valence-corrected chi connectivity index (χ0v) is 11.5. The minimum Gasteiger partial charge on any atom is -0.307 e. The van der Waals surface area contributed by atoms with E-state index in [1.54, 1.807) is 0 Å². The highest BCUT2D eigenvalue weighted by molar-refractivity contribution is 5.30. The van der Waals surface area contributed by atoms with E-state index >= 15 is 0 Å². The van der Waals surface area contributed by atoms with Crippen LogP contribution in [0.1, 0.15) is 50.2 Å².